The Balaban J connectivity index is 1.87. The summed E-state index contributed by atoms with van der Waals surface area (Å²) < 4.78 is 112. The van der Waals surface area contributed by atoms with Crippen LogP contribution < -0.4 is 0 Å². The van der Waals surface area contributed by atoms with Gasteiger partial charge in [-0.05, 0) is 30.3 Å². The van der Waals surface area contributed by atoms with Crippen LogP contribution in [-0.2, 0) is 22.5 Å². The Morgan fingerprint density at radius 1 is 0.971 bits per heavy atom. The minimum absolute atomic E-state index is 0.0823. The van der Waals surface area contributed by atoms with E-state index in [0.29, 0.717) is 28.0 Å². The molecule has 4 rings (SSSR count). The lowest BCUT2D eigenvalue weighted by atomic mass is 10.1. The summed E-state index contributed by atoms with van der Waals surface area (Å²) in [6, 6.07) is 6.69. The average Bonchev–Trinajstić information content (AvgIpc) is 3.37. The fourth-order valence-corrected chi connectivity index (χ4v) is 4.43. The molecule has 0 aliphatic heterocycles. The van der Waals surface area contributed by atoms with Crippen molar-refractivity contribution in [1.82, 2.24) is 14.6 Å². The van der Waals surface area contributed by atoms with Gasteiger partial charge in [-0.25, -0.2) is 9.50 Å². The molecule has 0 saturated heterocycles. The fraction of sp³-hybridized carbons (Fsp3) is 0.100. The first-order valence-corrected chi connectivity index (χ1v) is 11.2. The molecule has 0 unspecified atom stereocenters. The summed E-state index contributed by atoms with van der Waals surface area (Å²) in [6.45, 7) is 0. The molecular weight excluding hydrogens is 508 g/mol. The smallest absolute Gasteiger partial charge is 0.281 e. The largest absolute Gasteiger partial charge is 0.433 e. The maximum Gasteiger partial charge on any atom is 0.433 e. The van der Waals surface area contributed by atoms with Crippen molar-refractivity contribution in [3.8, 4) is 23.1 Å². The average molecular weight is 517 g/mol. The molecule has 0 aliphatic rings. The molecule has 14 heteroatoms. The number of thiophene rings is 1. The first kappa shape index (κ1) is 23.7. The molecule has 6 nitrogen and oxygen atoms in total. The van der Waals surface area contributed by atoms with Crippen molar-refractivity contribution in [1.29, 1.82) is 0 Å². The second-order valence-electron chi connectivity index (χ2n) is 6.74. The van der Waals surface area contributed by atoms with Gasteiger partial charge < -0.3 is 0 Å². The normalized spacial score (nSPS) is 12.6. The third-order valence-electron chi connectivity index (χ3n) is 4.40. The highest BCUT2D eigenvalue weighted by atomic mass is 32.3. The highest BCUT2D eigenvalue weighted by Gasteiger charge is 2.36. The van der Waals surface area contributed by atoms with Crippen molar-refractivity contribution >= 4 is 27.1 Å². The van der Waals surface area contributed by atoms with Gasteiger partial charge in [0.25, 0.3) is 0 Å². The van der Waals surface area contributed by atoms with Gasteiger partial charge in [0.15, 0.2) is 11.3 Å². The number of hydrogen-bond acceptors (Lipinski definition) is 5. The lowest BCUT2D eigenvalue weighted by molar-refractivity contribution is -0.142. The summed E-state index contributed by atoms with van der Waals surface area (Å²) in [5, 5.41) is 3.65. The van der Waals surface area contributed by atoms with E-state index in [0.717, 1.165) is 24.4 Å². The Morgan fingerprint density at radius 2 is 1.71 bits per heavy atom. The molecule has 1 aromatic carbocycles. The van der Waals surface area contributed by atoms with E-state index in [1.165, 1.54) is 12.1 Å². The van der Waals surface area contributed by atoms with E-state index in [1.807, 2.05) is 0 Å². The van der Waals surface area contributed by atoms with Crippen molar-refractivity contribution in [3.05, 3.63) is 70.4 Å². The van der Waals surface area contributed by atoms with Crippen LogP contribution in [0.5, 0.6) is 0 Å². The Labute approximate surface area is 191 Å². The minimum atomic E-state index is -4.91. The van der Waals surface area contributed by atoms with Crippen LogP contribution in [0.2, 0.25) is 0 Å². The molecule has 3 heterocycles. The molecule has 0 bridgehead atoms. The number of nitrogens with zero attached hydrogens (tertiary/aromatic N) is 3. The van der Waals surface area contributed by atoms with Crippen LogP contribution in [-0.4, -0.2) is 27.6 Å². The van der Waals surface area contributed by atoms with Crippen molar-refractivity contribution in [2.75, 3.05) is 0 Å². The Morgan fingerprint density at radius 3 is 2.32 bits per heavy atom. The second kappa shape index (κ2) is 8.12. The molecule has 0 saturated carbocycles. The Hall–Kier alpha value is -3.41. The predicted molar refractivity (Wildman–Crippen MR) is 109 cm³/mol. The summed E-state index contributed by atoms with van der Waals surface area (Å²) in [7, 11) is -4.44. The molecule has 0 radical (unpaired) electrons. The van der Waals surface area contributed by atoms with E-state index in [-0.39, 0.29) is 31.6 Å². The van der Waals surface area contributed by atoms with Crippen LogP contribution in [0.15, 0.2) is 52.9 Å². The van der Waals surface area contributed by atoms with Gasteiger partial charge in [-0.15, -0.1) is 11.3 Å². The van der Waals surface area contributed by atoms with E-state index >= 15 is 0 Å². The summed E-state index contributed by atoms with van der Waals surface area (Å²) in [5.74, 6) is 5.08. The third-order valence-corrected chi connectivity index (χ3v) is 6.73. The zero-order valence-corrected chi connectivity index (χ0v) is 17.9. The zero-order valence-electron chi connectivity index (χ0n) is 16.3. The van der Waals surface area contributed by atoms with Crippen LogP contribution in [0.3, 0.4) is 0 Å². The van der Waals surface area contributed by atoms with E-state index in [9.17, 15) is 34.8 Å². The van der Waals surface area contributed by atoms with E-state index in [4.69, 9.17) is 4.55 Å². The molecule has 0 amide bonds. The third kappa shape index (κ3) is 4.76. The van der Waals surface area contributed by atoms with Crippen molar-refractivity contribution < 1.29 is 39.3 Å². The molecule has 0 fully saturated rings. The summed E-state index contributed by atoms with van der Waals surface area (Å²) >= 11 is 0.633. The Bertz CT molecular complexity index is 1570. The SMILES string of the molecule is O=S(=O)(O)c1ccc(C#Cc2cnn3c(C(F)(F)F)cc(-c4cccc(C(F)(F)F)c4)nc23)s1. The van der Waals surface area contributed by atoms with Crippen molar-refractivity contribution in [3.63, 3.8) is 0 Å². The van der Waals surface area contributed by atoms with Gasteiger partial charge >= 0.3 is 22.5 Å². The second-order valence-corrected chi connectivity index (χ2v) is 9.47. The highest BCUT2D eigenvalue weighted by Crippen LogP contribution is 2.35. The van der Waals surface area contributed by atoms with Crippen LogP contribution in [0, 0.1) is 11.8 Å². The van der Waals surface area contributed by atoms with Gasteiger partial charge in [-0.2, -0.15) is 39.9 Å². The Kier molecular flexibility index (Phi) is 5.67. The first-order valence-electron chi connectivity index (χ1n) is 8.96. The van der Waals surface area contributed by atoms with E-state index in [1.54, 1.807) is 0 Å². The maximum absolute atomic E-state index is 13.7. The minimum Gasteiger partial charge on any atom is -0.281 e. The predicted octanol–water partition coefficient (Wildman–Crippen LogP) is 5.14. The number of hydrogen-bond donors (Lipinski definition) is 1. The molecule has 1 N–H and O–H groups in total. The van der Waals surface area contributed by atoms with Crippen LogP contribution in [0.25, 0.3) is 16.9 Å². The van der Waals surface area contributed by atoms with Crippen molar-refractivity contribution in [2.45, 2.75) is 16.6 Å². The molecule has 3 aromatic heterocycles. The van der Waals surface area contributed by atoms with E-state index < -0.39 is 33.7 Å². The molecule has 0 aliphatic carbocycles. The number of benzene rings is 1. The van der Waals surface area contributed by atoms with Gasteiger partial charge in [-0.1, -0.05) is 24.0 Å². The number of aromatic nitrogens is 3. The van der Waals surface area contributed by atoms with Gasteiger partial charge in [0, 0.05) is 5.56 Å². The monoisotopic (exact) mass is 517 g/mol. The number of halogens is 6. The topological polar surface area (TPSA) is 84.6 Å². The molecule has 176 valence electrons. The van der Waals surface area contributed by atoms with Crippen molar-refractivity contribution in [2.24, 2.45) is 0 Å². The summed E-state index contributed by atoms with van der Waals surface area (Å²) in [5.41, 5.74) is -3.34. The van der Waals surface area contributed by atoms with Gasteiger partial charge in [0.1, 0.15) is 4.21 Å². The fourth-order valence-electron chi connectivity index (χ4n) is 2.91. The highest BCUT2D eigenvalue weighted by molar-refractivity contribution is 7.88. The van der Waals surface area contributed by atoms with Gasteiger partial charge in [-0.3, -0.25) is 4.55 Å². The number of rotatable bonds is 2. The molecule has 4 aromatic rings. The van der Waals surface area contributed by atoms with Gasteiger partial charge in [0.05, 0.1) is 27.9 Å². The zero-order chi connectivity index (χ0) is 24.9. The first-order chi connectivity index (χ1) is 15.7. The van der Waals surface area contributed by atoms with Crippen LogP contribution in [0.4, 0.5) is 26.3 Å². The van der Waals surface area contributed by atoms with E-state index in [2.05, 4.69) is 21.9 Å². The lowest BCUT2D eigenvalue weighted by Gasteiger charge is -2.12. The quantitative estimate of drug-likeness (QED) is 0.226. The molecule has 34 heavy (non-hydrogen) atoms. The van der Waals surface area contributed by atoms with Crippen LogP contribution >= 0.6 is 11.3 Å². The standard InChI is InChI=1S/C20H9F6N3O3S2/c21-19(22,23)13-3-1-2-11(8-13)15-9-16(20(24,25)26)29-18(28-15)12(10-27-29)4-5-14-6-7-17(33-14)34(30,31)32/h1-3,6-10H,(H,30,31,32). The number of fused-ring (bicyclic) bond motifs is 1. The lowest BCUT2D eigenvalue weighted by Crippen LogP contribution is -2.14. The number of alkyl halides is 6. The van der Waals surface area contributed by atoms with Gasteiger partial charge in [0.2, 0.25) is 0 Å². The molecule has 0 spiro atoms. The summed E-state index contributed by atoms with van der Waals surface area (Å²) in [4.78, 5) is 4.24. The summed E-state index contributed by atoms with van der Waals surface area (Å²) in [6.07, 6.45) is -8.62. The molecular formula is C20H9F6N3O3S2. The van der Waals surface area contributed by atoms with Crippen LogP contribution in [0.1, 0.15) is 21.7 Å². The molecule has 0 atom stereocenters. The maximum atomic E-state index is 13.7.